The molecule has 1 saturated heterocycles. The van der Waals surface area contributed by atoms with Crippen molar-refractivity contribution in [1.29, 1.82) is 0 Å². The van der Waals surface area contributed by atoms with Crippen LogP contribution >= 0.6 is 11.6 Å². The first-order chi connectivity index (χ1) is 15.3. The molecule has 3 aromatic rings. The van der Waals surface area contributed by atoms with Crippen molar-refractivity contribution in [2.45, 2.75) is 24.3 Å². The van der Waals surface area contributed by atoms with E-state index in [2.05, 4.69) is 10.1 Å². The van der Waals surface area contributed by atoms with Crippen LogP contribution in [-0.2, 0) is 26.2 Å². The van der Waals surface area contributed by atoms with E-state index in [-0.39, 0.29) is 42.1 Å². The number of carbonyl (C=O) groups excluding carboxylic acids is 1. The lowest BCUT2D eigenvalue weighted by molar-refractivity contribution is -0.152. The Morgan fingerprint density at radius 3 is 2.44 bits per heavy atom. The van der Waals surface area contributed by atoms with Crippen LogP contribution in [0.4, 0.5) is 4.39 Å². The summed E-state index contributed by atoms with van der Waals surface area (Å²) < 4.78 is 50.2. The molecule has 2 heterocycles. The summed E-state index contributed by atoms with van der Waals surface area (Å²) in [4.78, 5) is 16.7. The molecule has 1 aromatic heterocycles. The van der Waals surface area contributed by atoms with Crippen LogP contribution < -0.4 is 0 Å². The average Bonchev–Trinajstić information content (AvgIpc) is 3.27. The molecule has 0 N–H and O–H groups in total. The summed E-state index contributed by atoms with van der Waals surface area (Å²) in [5, 5.41) is 4.25. The van der Waals surface area contributed by atoms with E-state index in [1.165, 1.54) is 52.8 Å². The van der Waals surface area contributed by atoms with Gasteiger partial charge >= 0.3 is 5.97 Å². The first kappa shape index (κ1) is 22.4. The quantitative estimate of drug-likeness (QED) is 0.497. The zero-order chi connectivity index (χ0) is 22.7. The molecule has 0 amide bonds. The lowest BCUT2D eigenvalue weighted by atomic mass is 9.98. The number of nitrogens with zero attached hydrogens (tertiary/aromatic N) is 3. The number of aromatic nitrogens is 2. The fourth-order valence-electron chi connectivity index (χ4n) is 3.37. The van der Waals surface area contributed by atoms with E-state index in [0.717, 1.165) is 0 Å². The van der Waals surface area contributed by atoms with Gasteiger partial charge in [-0.3, -0.25) is 4.79 Å². The summed E-state index contributed by atoms with van der Waals surface area (Å²) in [6.07, 6.45) is 0.687. The van der Waals surface area contributed by atoms with Crippen LogP contribution in [-0.4, -0.2) is 41.9 Å². The van der Waals surface area contributed by atoms with Gasteiger partial charge in [0, 0.05) is 23.7 Å². The fourth-order valence-corrected chi connectivity index (χ4v) is 4.96. The molecular formula is C21H19ClFN3O5S. The van der Waals surface area contributed by atoms with Crippen molar-refractivity contribution < 1.29 is 26.9 Å². The maximum Gasteiger partial charge on any atom is 0.309 e. The monoisotopic (exact) mass is 479 g/mol. The van der Waals surface area contributed by atoms with Crippen molar-refractivity contribution in [3.05, 3.63) is 65.3 Å². The number of carbonyl (C=O) groups is 1. The third-order valence-corrected chi connectivity index (χ3v) is 7.31. The molecule has 0 aliphatic carbocycles. The van der Waals surface area contributed by atoms with E-state index in [0.29, 0.717) is 23.4 Å². The van der Waals surface area contributed by atoms with Gasteiger partial charge in [0.1, 0.15) is 5.82 Å². The van der Waals surface area contributed by atoms with Gasteiger partial charge in [0.2, 0.25) is 15.8 Å². The maximum absolute atomic E-state index is 13.0. The molecule has 2 aromatic carbocycles. The zero-order valence-corrected chi connectivity index (χ0v) is 18.4. The molecule has 0 saturated carbocycles. The molecule has 11 heteroatoms. The molecular weight excluding hydrogens is 461 g/mol. The van der Waals surface area contributed by atoms with E-state index in [4.69, 9.17) is 20.9 Å². The lowest BCUT2D eigenvalue weighted by Crippen LogP contribution is -2.40. The molecule has 32 heavy (non-hydrogen) atoms. The number of ether oxygens (including phenoxy) is 1. The highest BCUT2D eigenvalue weighted by Gasteiger charge is 2.33. The molecule has 8 nitrogen and oxygen atoms in total. The van der Waals surface area contributed by atoms with Crippen molar-refractivity contribution >= 4 is 27.6 Å². The van der Waals surface area contributed by atoms with Gasteiger partial charge in [-0.2, -0.15) is 9.29 Å². The van der Waals surface area contributed by atoms with Crippen molar-refractivity contribution in [1.82, 2.24) is 14.4 Å². The highest BCUT2D eigenvalue weighted by molar-refractivity contribution is 7.89. The predicted octanol–water partition coefficient (Wildman–Crippen LogP) is 3.67. The van der Waals surface area contributed by atoms with Crippen LogP contribution in [0.3, 0.4) is 0 Å². The Hall–Kier alpha value is -2.82. The highest BCUT2D eigenvalue weighted by Crippen LogP contribution is 2.26. The molecule has 168 valence electrons. The Bertz CT molecular complexity index is 1190. The number of esters is 1. The summed E-state index contributed by atoms with van der Waals surface area (Å²) in [6, 6.07) is 11.6. The van der Waals surface area contributed by atoms with E-state index >= 15 is 0 Å². The highest BCUT2D eigenvalue weighted by atomic mass is 35.5. The van der Waals surface area contributed by atoms with Gasteiger partial charge in [0.15, 0.2) is 6.61 Å². The normalized spacial score (nSPS) is 15.6. The van der Waals surface area contributed by atoms with Crippen molar-refractivity contribution in [2.75, 3.05) is 13.1 Å². The molecule has 1 aliphatic rings. The van der Waals surface area contributed by atoms with Crippen LogP contribution in [0.5, 0.6) is 0 Å². The van der Waals surface area contributed by atoms with Gasteiger partial charge in [-0.1, -0.05) is 16.8 Å². The zero-order valence-electron chi connectivity index (χ0n) is 16.8. The Balaban J connectivity index is 1.29. The minimum Gasteiger partial charge on any atom is -0.455 e. The fraction of sp³-hybridized carbons (Fsp3) is 0.286. The number of rotatable bonds is 6. The smallest absolute Gasteiger partial charge is 0.309 e. The van der Waals surface area contributed by atoms with Crippen molar-refractivity contribution in [3.8, 4) is 11.4 Å². The Morgan fingerprint density at radius 2 is 1.78 bits per heavy atom. The average molecular weight is 480 g/mol. The topological polar surface area (TPSA) is 103 Å². The van der Waals surface area contributed by atoms with E-state index in [9.17, 15) is 17.6 Å². The Kier molecular flexibility index (Phi) is 6.54. The second-order valence-corrected chi connectivity index (χ2v) is 9.63. The van der Waals surface area contributed by atoms with Gasteiger partial charge in [0.25, 0.3) is 5.89 Å². The number of benzene rings is 2. The number of hydrogen-bond acceptors (Lipinski definition) is 7. The number of sulfonamides is 1. The first-order valence-corrected chi connectivity index (χ1v) is 11.7. The SMILES string of the molecule is O=C(OCc1nc(-c2ccc(F)cc2)no1)C1CCN(S(=O)(=O)c2ccc(Cl)cc2)CC1. The third-order valence-electron chi connectivity index (χ3n) is 5.15. The minimum absolute atomic E-state index is 0.112. The first-order valence-electron chi connectivity index (χ1n) is 9.84. The molecule has 0 atom stereocenters. The third kappa shape index (κ3) is 4.98. The van der Waals surface area contributed by atoms with E-state index in [1.54, 1.807) is 0 Å². The van der Waals surface area contributed by atoms with Crippen LogP contribution in [0, 0.1) is 11.7 Å². The summed E-state index contributed by atoms with van der Waals surface area (Å²) in [5.74, 6) is -0.878. The Labute approximate surface area is 189 Å². The summed E-state index contributed by atoms with van der Waals surface area (Å²) in [6.45, 7) is 0.219. The number of piperidine rings is 1. The lowest BCUT2D eigenvalue weighted by Gasteiger charge is -2.30. The number of hydrogen-bond donors (Lipinski definition) is 0. The maximum atomic E-state index is 13.0. The largest absolute Gasteiger partial charge is 0.455 e. The van der Waals surface area contributed by atoms with Crippen LogP contribution in [0.25, 0.3) is 11.4 Å². The predicted molar refractivity (Wildman–Crippen MR) is 112 cm³/mol. The molecule has 1 aliphatic heterocycles. The standard InChI is InChI=1S/C21H19ClFN3O5S/c22-16-3-7-18(8-4-16)32(28,29)26-11-9-15(10-12-26)21(27)30-13-19-24-20(25-31-19)14-1-5-17(23)6-2-14/h1-8,15H,9-13H2. The van der Waals surface area contributed by atoms with E-state index in [1.807, 2.05) is 0 Å². The van der Waals surface area contributed by atoms with Crippen LogP contribution in [0.15, 0.2) is 57.9 Å². The van der Waals surface area contributed by atoms with E-state index < -0.39 is 21.9 Å². The van der Waals surface area contributed by atoms with Gasteiger partial charge in [-0.15, -0.1) is 0 Å². The Morgan fingerprint density at radius 1 is 1.12 bits per heavy atom. The van der Waals surface area contributed by atoms with Gasteiger partial charge in [-0.05, 0) is 61.4 Å². The molecule has 0 unspecified atom stereocenters. The molecule has 0 radical (unpaired) electrons. The molecule has 0 bridgehead atoms. The molecule has 0 spiro atoms. The second-order valence-electron chi connectivity index (χ2n) is 7.26. The van der Waals surface area contributed by atoms with Crippen LogP contribution in [0.1, 0.15) is 18.7 Å². The molecule has 1 fully saturated rings. The summed E-state index contributed by atoms with van der Waals surface area (Å²) in [7, 11) is -3.64. The van der Waals surface area contributed by atoms with Crippen molar-refractivity contribution in [2.24, 2.45) is 5.92 Å². The minimum atomic E-state index is -3.64. The van der Waals surface area contributed by atoms with Gasteiger partial charge in [0.05, 0.1) is 10.8 Å². The van der Waals surface area contributed by atoms with Crippen LogP contribution in [0.2, 0.25) is 5.02 Å². The van der Waals surface area contributed by atoms with Crippen molar-refractivity contribution in [3.63, 3.8) is 0 Å². The summed E-state index contributed by atoms with van der Waals surface area (Å²) in [5.41, 5.74) is 0.571. The summed E-state index contributed by atoms with van der Waals surface area (Å²) >= 11 is 5.83. The number of halogens is 2. The van der Waals surface area contributed by atoms with Gasteiger partial charge in [-0.25, -0.2) is 12.8 Å². The van der Waals surface area contributed by atoms with Gasteiger partial charge < -0.3 is 9.26 Å². The second kappa shape index (κ2) is 9.35. The molecule has 4 rings (SSSR count).